The second-order valence-electron chi connectivity index (χ2n) is 4.89. The maximum Gasteiger partial charge on any atom is 0.234 e. The Hall–Kier alpha value is -0.610. The lowest BCUT2D eigenvalue weighted by Gasteiger charge is -2.34. The van der Waals surface area contributed by atoms with Gasteiger partial charge < -0.3 is 11.1 Å². The van der Waals surface area contributed by atoms with Crippen LogP contribution >= 0.6 is 0 Å². The molecule has 0 radical (unpaired) electrons. The third kappa shape index (κ3) is 4.18. The largest absolute Gasteiger partial charge is 0.353 e. The Kier molecular flexibility index (Phi) is 4.54. The molecule has 0 aromatic heterocycles. The Balaban J connectivity index is 2.30. The molecule has 1 saturated heterocycles. The van der Waals surface area contributed by atoms with Gasteiger partial charge in [-0.25, -0.2) is 0 Å². The highest BCUT2D eigenvalue weighted by Gasteiger charge is 2.24. The zero-order valence-electron chi connectivity index (χ0n) is 9.99. The number of hydrogen-bond acceptors (Lipinski definition) is 3. The molecule has 0 aromatic rings. The summed E-state index contributed by atoms with van der Waals surface area (Å²) in [5, 5.41) is 2.90. The van der Waals surface area contributed by atoms with Crippen molar-refractivity contribution in [1.29, 1.82) is 0 Å². The van der Waals surface area contributed by atoms with Crippen LogP contribution in [0.2, 0.25) is 0 Å². The van der Waals surface area contributed by atoms with Crippen LogP contribution in [0.3, 0.4) is 0 Å². The molecule has 1 amide bonds. The first-order chi connectivity index (χ1) is 6.99. The second-order valence-corrected chi connectivity index (χ2v) is 4.89. The van der Waals surface area contributed by atoms with Crippen molar-refractivity contribution in [3.05, 3.63) is 0 Å². The van der Waals surface area contributed by atoms with Crippen molar-refractivity contribution in [3.8, 4) is 0 Å². The summed E-state index contributed by atoms with van der Waals surface area (Å²) in [7, 11) is 0. The highest BCUT2D eigenvalue weighted by atomic mass is 16.2. The average Bonchev–Trinajstić information content (AvgIpc) is 2.10. The lowest BCUT2D eigenvalue weighted by molar-refractivity contribution is -0.123. The first-order valence-corrected chi connectivity index (χ1v) is 5.76. The minimum Gasteiger partial charge on any atom is -0.353 e. The molecule has 4 heteroatoms. The summed E-state index contributed by atoms with van der Waals surface area (Å²) in [5.41, 5.74) is 5.92. The lowest BCUT2D eigenvalue weighted by Crippen LogP contribution is -2.49. The molecule has 0 saturated carbocycles. The fraction of sp³-hybridized carbons (Fsp3) is 0.909. The predicted octanol–water partition coefficient (Wildman–Crippen LogP) is 0.180. The molecule has 0 aromatic carbocycles. The van der Waals surface area contributed by atoms with E-state index in [1.165, 1.54) is 0 Å². The summed E-state index contributed by atoms with van der Waals surface area (Å²) < 4.78 is 0. The van der Waals surface area contributed by atoms with Gasteiger partial charge in [0, 0.05) is 25.2 Å². The third-order valence-corrected chi connectivity index (χ3v) is 2.87. The Morgan fingerprint density at radius 2 is 2.27 bits per heavy atom. The highest BCUT2D eigenvalue weighted by molar-refractivity contribution is 5.78. The molecule has 1 aliphatic heterocycles. The van der Waals surface area contributed by atoms with Crippen LogP contribution in [0, 0.1) is 5.92 Å². The van der Waals surface area contributed by atoms with Crippen LogP contribution in [0.4, 0.5) is 0 Å². The third-order valence-electron chi connectivity index (χ3n) is 2.87. The van der Waals surface area contributed by atoms with Crippen molar-refractivity contribution in [2.45, 2.75) is 39.3 Å². The molecular formula is C11H23N3O. The van der Waals surface area contributed by atoms with Gasteiger partial charge >= 0.3 is 0 Å². The van der Waals surface area contributed by atoms with Crippen LogP contribution in [0.25, 0.3) is 0 Å². The summed E-state index contributed by atoms with van der Waals surface area (Å²) in [6.07, 6.45) is 0.996. The number of carbonyl (C=O) groups excluding carboxylic acids is 1. The van der Waals surface area contributed by atoms with Crippen LogP contribution in [-0.2, 0) is 4.79 Å². The Morgan fingerprint density at radius 1 is 1.60 bits per heavy atom. The Labute approximate surface area is 92.2 Å². The average molecular weight is 213 g/mol. The van der Waals surface area contributed by atoms with Gasteiger partial charge in [0.15, 0.2) is 0 Å². The molecule has 2 atom stereocenters. The quantitative estimate of drug-likeness (QED) is 0.703. The van der Waals surface area contributed by atoms with Crippen molar-refractivity contribution in [2.75, 3.05) is 19.6 Å². The van der Waals surface area contributed by atoms with Crippen molar-refractivity contribution in [1.82, 2.24) is 10.2 Å². The van der Waals surface area contributed by atoms with Crippen LogP contribution in [0.15, 0.2) is 0 Å². The van der Waals surface area contributed by atoms with Crippen molar-refractivity contribution >= 4 is 5.91 Å². The van der Waals surface area contributed by atoms with Crippen molar-refractivity contribution in [3.63, 3.8) is 0 Å². The maximum atomic E-state index is 11.5. The van der Waals surface area contributed by atoms with Gasteiger partial charge in [0.1, 0.15) is 0 Å². The van der Waals surface area contributed by atoms with E-state index in [1.54, 1.807) is 0 Å². The fourth-order valence-corrected chi connectivity index (χ4v) is 1.96. The van der Waals surface area contributed by atoms with E-state index in [1.807, 2.05) is 13.8 Å². The molecule has 0 bridgehead atoms. The number of likely N-dealkylation sites (tertiary alicyclic amines) is 1. The van der Waals surface area contributed by atoms with E-state index in [-0.39, 0.29) is 11.9 Å². The summed E-state index contributed by atoms with van der Waals surface area (Å²) in [5.74, 6) is 0.610. The number of nitrogens with zero attached hydrogens (tertiary/aromatic N) is 1. The van der Waals surface area contributed by atoms with Gasteiger partial charge in [-0.1, -0.05) is 6.92 Å². The molecule has 1 rings (SSSR count). The van der Waals surface area contributed by atoms with Crippen LogP contribution in [0.1, 0.15) is 27.2 Å². The van der Waals surface area contributed by atoms with Crippen LogP contribution in [0.5, 0.6) is 0 Å². The summed E-state index contributed by atoms with van der Waals surface area (Å²) in [6, 6.07) is 0.524. The molecule has 0 spiro atoms. The summed E-state index contributed by atoms with van der Waals surface area (Å²) in [6.45, 7) is 8.50. The van der Waals surface area contributed by atoms with E-state index in [4.69, 9.17) is 5.73 Å². The molecule has 4 nitrogen and oxygen atoms in total. The molecule has 88 valence electrons. The predicted molar refractivity (Wildman–Crippen MR) is 61.5 cm³/mol. The monoisotopic (exact) mass is 213 g/mol. The second kappa shape index (κ2) is 5.47. The minimum atomic E-state index is 0.118. The van der Waals surface area contributed by atoms with E-state index < -0.39 is 0 Å². The van der Waals surface area contributed by atoms with Gasteiger partial charge in [0.2, 0.25) is 5.91 Å². The van der Waals surface area contributed by atoms with Crippen molar-refractivity contribution in [2.24, 2.45) is 11.7 Å². The molecule has 1 fully saturated rings. The van der Waals surface area contributed by atoms with E-state index >= 15 is 0 Å². The molecule has 0 aliphatic carbocycles. The maximum absolute atomic E-state index is 11.5. The van der Waals surface area contributed by atoms with E-state index in [2.05, 4.69) is 17.1 Å². The Morgan fingerprint density at radius 3 is 2.80 bits per heavy atom. The minimum absolute atomic E-state index is 0.118. The SMILES string of the molecule is CC(C)NC(=O)CN1CCC(N)C(C)C1. The lowest BCUT2D eigenvalue weighted by atomic mass is 9.95. The van der Waals surface area contributed by atoms with Gasteiger partial charge in [-0.15, -0.1) is 0 Å². The number of hydrogen-bond donors (Lipinski definition) is 2. The standard InChI is InChI=1S/C11H23N3O/c1-8(2)13-11(15)7-14-5-4-10(12)9(3)6-14/h8-10H,4-7,12H2,1-3H3,(H,13,15). The molecule has 15 heavy (non-hydrogen) atoms. The number of rotatable bonds is 3. The summed E-state index contributed by atoms with van der Waals surface area (Å²) in [4.78, 5) is 13.7. The van der Waals surface area contributed by atoms with Gasteiger partial charge in [0.05, 0.1) is 6.54 Å². The van der Waals surface area contributed by atoms with Gasteiger partial charge in [0.25, 0.3) is 0 Å². The number of nitrogens with one attached hydrogen (secondary N) is 1. The molecule has 3 N–H and O–H groups in total. The zero-order chi connectivity index (χ0) is 11.4. The molecule has 1 heterocycles. The van der Waals surface area contributed by atoms with Crippen LogP contribution < -0.4 is 11.1 Å². The van der Waals surface area contributed by atoms with Gasteiger partial charge in [-0.05, 0) is 26.2 Å². The number of carbonyl (C=O) groups is 1. The smallest absolute Gasteiger partial charge is 0.234 e. The van der Waals surface area contributed by atoms with Gasteiger partial charge in [-0.2, -0.15) is 0 Å². The number of amides is 1. The highest BCUT2D eigenvalue weighted by Crippen LogP contribution is 2.14. The first-order valence-electron chi connectivity index (χ1n) is 5.76. The van der Waals surface area contributed by atoms with E-state index in [0.29, 0.717) is 18.5 Å². The molecule has 1 aliphatic rings. The first kappa shape index (κ1) is 12.5. The van der Waals surface area contributed by atoms with E-state index in [9.17, 15) is 4.79 Å². The van der Waals surface area contributed by atoms with E-state index in [0.717, 1.165) is 19.5 Å². The van der Waals surface area contributed by atoms with Crippen molar-refractivity contribution < 1.29 is 4.79 Å². The number of nitrogens with two attached hydrogens (primary N) is 1. The normalized spacial score (nSPS) is 28.1. The zero-order valence-corrected chi connectivity index (χ0v) is 9.99. The summed E-state index contributed by atoms with van der Waals surface area (Å²) >= 11 is 0. The molecular weight excluding hydrogens is 190 g/mol. The Bertz CT molecular complexity index is 218. The topological polar surface area (TPSA) is 58.4 Å². The van der Waals surface area contributed by atoms with Crippen LogP contribution in [-0.4, -0.2) is 42.5 Å². The fourth-order valence-electron chi connectivity index (χ4n) is 1.96. The number of piperidine rings is 1. The van der Waals surface area contributed by atoms with Gasteiger partial charge in [-0.3, -0.25) is 9.69 Å². The molecule has 2 unspecified atom stereocenters.